The molecule has 0 spiro atoms. The van der Waals surface area contributed by atoms with Gasteiger partial charge in [0.2, 0.25) is 0 Å². The number of aryl methyl sites for hydroxylation is 1. The zero-order valence-electron chi connectivity index (χ0n) is 15.5. The van der Waals surface area contributed by atoms with Crippen molar-refractivity contribution in [1.29, 1.82) is 0 Å². The van der Waals surface area contributed by atoms with E-state index in [9.17, 15) is 4.79 Å². The summed E-state index contributed by atoms with van der Waals surface area (Å²) < 4.78 is 5.07. The second-order valence-electron chi connectivity index (χ2n) is 5.96. The minimum atomic E-state index is -0.225. The summed E-state index contributed by atoms with van der Waals surface area (Å²) in [4.78, 5) is 24.6. The highest BCUT2D eigenvalue weighted by atomic mass is 16.6. The molecule has 7 nitrogen and oxygen atoms in total. The summed E-state index contributed by atoms with van der Waals surface area (Å²) in [5.74, 6) is 0.915. The molecule has 0 radical (unpaired) electrons. The minimum absolute atomic E-state index is 0.225. The van der Waals surface area contributed by atoms with E-state index >= 15 is 0 Å². The minimum Gasteiger partial charge on any atom is -0.450 e. The van der Waals surface area contributed by atoms with Crippen molar-refractivity contribution >= 4 is 12.1 Å². The molecule has 1 amide bonds. The van der Waals surface area contributed by atoms with Crippen molar-refractivity contribution in [2.75, 3.05) is 45.9 Å². The number of rotatable bonds is 5. The molecule has 2 rings (SSSR count). The second-order valence-corrected chi connectivity index (χ2v) is 5.96. The average Bonchev–Trinajstić information content (AvgIpc) is 2.63. The number of piperazine rings is 1. The standard InChI is InChI=1S/C18H29N5O2/c1-4-20-17(21-9-7-16-6-8-19-14-15(16)3)22-10-12-23(13-11-22)18(24)25-5-2/h6,8,14H,4-5,7,9-13H2,1-3H3,(H,20,21). The molecular formula is C18H29N5O2. The van der Waals surface area contributed by atoms with Gasteiger partial charge < -0.3 is 19.9 Å². The van der Waals surface area contributed by atoms with E-state index in [4.69, 9.17) is 9.73 Å². The van der Waals surface area contributed by atoms with Gasteiger partial charge in [0.05, 0.1) is 6.61 Å². The molecule has 0 saturated carbocycles. The zero-order chi connectivity index (χ0) is 18.1. The number of aliphatic imine (C=N–C) groups is 1. The van der Waals surface area contributed by atoms with E-state index in [1.54, 1.807) is 4.90 Å². The Morgan fingerprint density at radius 3 is 2.64 bits per heavy atom. The van der Waals surface area contributed by atoms with Crippen molar-refractivity contribution in [3.8, 4) is 0 Å². The predicted molar refractivity (Wildman–Crippen MR) is 98.8 cm³/mol. The first-order valence-electron chi connectivity index (χ1n) is 9.00. The largest absolute Gasteiger partial charge is 0.450 e. The molecule has 1 saturated heterocycles. The Kier molecular flexibility index (Phi) is 7.50. The van der Waals surface area contributed by atoms with Gasteiger partial charge in [0, 0.05) is 51.7 Å². The van der Waals surface area contributed by atoms with E-state index < -0.39 is 0 Å². The molecule has 0 atom stereocenters. The fraction of sp³-hybridized carbons (Fsp3) is 0.611. The molecule has 1 aliphatic heterocycles. The van der Waals surface area contributed by atoms with E-state index in [0.29, 0.717) is 19.7 Å². The monoisotopic (exact) mass is 347 g/mol. The first kappa shape index (κ1) is 19.0. The molecule has 0 bridgehead atoms. The van der Waals surface area contributed by atoms with E-state index in [1.807, 2.05) is 19.3 Å². The maximum Gasteiger partial charge on any atom is 0.409 e. The first-order valence-corrected chi connectivity index (χ1v) is 9.00. The second kappa shape index (κ2) is 9.86. The van der Waals surface area contributed by atoms with Crippen LogP contribution in [0.15, 0.2) is 23.5 Å². The van der Waals surface area contributed by atoms with Gasteiger partial charge in [-0.15, -0.1) is 0 Å². The smallest absolute Gasteiger partial charge is 0.409 e. The number of carbonyl (C=O) groups excluding carboxylic acids is 1. The van der Waals surface area contributed by atoms with Gasteiger partial charge >= 0.3 is 6.09 Å². The van der Waals surface area contributed by atoms with E-state index in [0.717, 1.165) is 38.6 Å². The summed E-state index contributed by atoms with van der Waals surface area (Å²) in [5.41, 5.74) is 2.48. The summed E-state index contributed by atoms with van der Waals surface area (Å²) >= 11 is 0. The molecule has 7 heteroatoms. The third-order valence-corrected chi connectivity index (χ3v) is 4.22. The van der Waals surface area contributed by atoms with Gasteiger partial charge in [-0.1, -0.05) is 0 Å². The van der Waals surface area contributed by atoms with E-state index in [-0.39, 0.29) is 6.09 Å². The van der Waals surface area contributed by atoms with Gasteiger partial charge in [0.25, 0.3) is 0 Å². The highest BCUT2D eigenvalue weighted by Gasteiger charge is 2.23. The molecule has 1 fully saturated rings. The number of ether oxygens (including phenoxy) is 1. The van der Waals surface area contributed by atoms with Crippen LogP contribution in [0.25, 0.3) is 0 Å². The highest BCUT2D eigenvalue weighted by Crippen LogP contribution is 2.07. The van der Waals surface area contributed by atoms with Crippen LogP contribution in [-0.4, -0.2) is 72.7 Å². The van der Waals surface area contributed by atoms with E-state index in [1.165, 1.54) is 11.1 Å². The quantitative estimate of drug-likeness (QED) is 0.648. The molecule has 1 aromatic rings. The Morgan fingerprint density at radius 2 is 2.00 bits per heavy atom. The molecular weight excluding hydrogens is 318 g/mol. The third-order valence-electron chi connectivity index (χ3n) is 4.22. The van der Waals surface area contributed by atoms with Crippen LogP contribution in [0.2, 0.25) is 0 Å². The van der Waals surface area contributed by atoms with Crippen molar-refractivity contribution in [1.82, 2.24) is 20.1 Å². The van der Waals surface area contributed by atoms with Gasteiger partial charge in [-0.05, 0) is 44.4 Å². The van der Waals surface area contributed by atoms with Crippen molar-refractivity contribution < 1.29 is 9.53 Å². The van der Waals surface area contributed by atoms with Gasteiger partial charge in [0.15, 0.2) is 5.96 Å². The Balaban J connectivity index is 1.90. The Morgan fingerprint density at radius 1 is 1.28 bits per heavy atom. The molecule has 1 aliphatic rings. The summed E-state index contributed by atoms with van der Waals surface area (Å²) in [6.07, 6.45) is 4.38. The van der Waals surface area contributed by atoms with Crippen molar-refractivity contribution in [3.63, 3.8) is 0 Å². The number of nitrogens with zero attached hydrogens (tertiary/aromatic N) is 4. The van der Waals surface area contributed by atoms with Gasteiger partial charge in [-0.25, -0.2) is 4.79 Å². The summed E-state index contributed by atoms with van der Waals surface area (Å²) in [5, 5.41) is 3.35. The van der Waals surface area contributed by atoms with Crippen LogP contribution in [0.4, 0.5) is 4.79 Å². The Labute approximate surface area is 150 Å². The third kappa shape index (κ3) is 5.62. The zero-order valence-corrected chi connectivity index (χ0v) is 15.5. The fourth-order valence-electron chi connectivity index (χ4n) is 2.81. The number of hydrogen-bond acceptors (Lipinski definition) is 4. The number of carbonyl (C=O) groups is 1. The average molecular weight is 347 g/mol. The van der Waals surface area contributed by atoms with Gasteiger partial charge in [-0.3, -0.25) is 9.98 Å². The van der Waals surface area contributed by atoms with Crippen LogP contribution in [0.3, 0.4) is 0 Å². The number of amides is 1. The first-order chi connectivity index (χ1) is 12.2. The number of aromatic nitrogens is 1. The maximum absolute atomic E-state index is 11.8. The highest BCUT2D eigenvalue weighted by molar-refractivity contribution is 5.80. The van der Waals surface area contributed by atoms with Crippen molar-refractivity contribution in [3.05, 3.63) is 29.6 Å². The van der Waals surface area contributed by atoms with Crippen LogP contribution in [0.5, 0.6) is 0 Å². The summed E-state index contributed by atoms with van der Waals surface area (Å²) in [6.45, 7) is 10.8. The fourth-order valence-corrected chi connectivity index (χ4v) is 2.81. The lowest BCUT2D eigenvalue weighted by Gasteiger charge is -2.35. The SMILES string of the molecule is CCNC(=NCCc1ccncc1C)N1CCN(C(=O)OCC)CC1. The Bertz CT molecular complexity index is 583. The Hall–Kier alpha value is -2.31. The van der Waals surface area contributed by atoms with Crippen molar-refractivity contribution in [2.24, 2.45) is 4.99 Å². The van der Waals surface area contributed by atoms with Crippen LogP contribution in [-0.2, 0) is 11.2 Å². The molecule has 1 N–H and O–H groups in total. The predicted octanol–water partition coefficient (Wildman–Crippen LogP) is 1.67. The van der Waals surface area contributed by atoms with Crippen molar-refractivity contribution in [2.45, 2.75) is 27.2 Å². The molecule has 0 unspecified atom stereocenters. The van der Waals surface area contributed by atoms with Gasteiger partial charge in [0.1, 0.15) is 0 Å². The molecule has 2 heterocycles. The van der Waals surface area contributed by atoms with E-state index in [2.05, 4.69) is 35.1 Å². The number of guanidine groups is 1. The topological polar surface area (TPSA) is 70.1 Å². The molecule has 25 heavy (non-hydrogen) atoms. The number of nitrogens with one attached hydrogen (secondary N) is 1. The van der Waals surface area contributed by atoms with Crippen LogP contribution >= 0.6 is 0 Å². The maximum atomic E-state index is 11.8. The van der Waals surface area contributed by atoms with Gasteiger partial charge in [-0.2, -0.15) is 0 Å². The number of pyridine rings is 1. The molecule has 0 aromatic carbocycles. The van der Waals surface area contributed by atoms with Crippen LogP contribution in [0, 0.1) is 6.92 Å². The lowest BCUT2D eigenvalue weighted by atomic mass is 10.1. The number of hydrogen-bond donors (Lipinski definition) is 1. The lowest BCUT2D eigenvalue weighted by molar-refractivity contribution is 0.0914. The molecule has 1 aromatic heterocycles. The lowest BCUT2D eigenvalue weighted by Crippen LogP contribution is -2.54. The molecule has 138 valence electrons. The summed E-state index contributed by atoms with van der Waals surface area (Å²) in [7, 11) is 0. The van der Waals surface area contributed by atoms with Crippen LogP contribution in [0.1, 0.15) is 25.0 Å². The summed E-state index contributed by atoms with van der Waals surface area (Å²) in [6, 6.07) is 2.05. The normalized spacial score (nSPS) is 15.2. The molecule has 0 aliphatic carbocycles. The van der Waals surface area contributed by atoms with Crippen LogP contribution < -0.4 is 5.32 Å².